The molecule has 0 saturated carbocycles. The number of primary sulfonamides is 1. The van der Waals surface area contributed by atoms with Gasteiger partial charge in [0.05, 0.1) is 5.75 Å². The number of rotatable bonds is 3. The Morgan fingerprint density at radius 3 is 2.33 bits per heavy atom. The molecule has 0 aliphatic rings. The van der Waals surface area contributed by atoms with Gasteiger partial charge >= 0.3 is 0 Å². The van der Waals surface area contributed by atoms with Crippen LogP contribution in [0.3, 0.4) is 0 Å². The van der Waals surface area contributed by atoms with E-state index in [-0.39, 0.29) is 11.7 Å². The van der Waals surface area contributed by atoms with Gasteiger partial charge in [-0.15, -0.1) is 6.58 Å². The summed E-state index contributed by atoms with van der Waals surface area (Å²) in [6, 6.07) is 0. The third-order valence-electron chi connectivity index (χ3n) is 0.898. The first-order valence-corrected chi connectivity index (χ1v) is 4.30. The van der Waals surface area contributed by atoms with Gasteiger partial charge in [0.25, 0.3) is 0 Å². The van der Waals surface area contributed by atoms with Crippen molar-refractivity contribution in [2.75, 3.05) is 5.75 Å². The summed E-state index contributed by atoms with van der Waals surface area (Å²) in [4.78, 5) is 0. The van der Waals surface area contributed by atoms with Crippen LogP contribution in [-0.2, 0) is 10.0 Å². The van der Waals surface area contributed by atoms with E-state index in [4.69, 9.17) is 5.14 Å². The van der Waals surface area contributed by atoms with Crippen LogP contribution in [0.5, 0.6) is 0 Å². The molecule has 0 fully saturated rings. The molecular formula is C5H11NO2S. The van der Waals surface area contributed by atoms with E-state index in [1.165, 1.54) is 0 Å². The minimum absolute atomic E-state index is 0.0174. The first-order chi connectivity index (χ1) is 3.95. The maximum Gasteiger partial charge on any atom is 0.209 e. The van der Waals surface area contributed by atoms with Crippen molar-refractivity contribution in [2.45, 2.75) is 6.92 Å². The molecule has 0 amide bonds. The Kier molecular flexibility index (Phi) is 2.87. The Morgan fingerprint density at radius 1 is 1.78 bits per heavy atom. The zero-order chi connectivity index (χ0) is 7.49. The molecule has 0 radical (unpaired) electrons. The summed E-state index contributed by atoms with van der Waals surface area (Å²) < 4.78 is 20.7. The van der Waals surface area contributed by atoms with Crippen molar-refractivity contribution in [1.29, 1.82) is 0 Å². The lowest BCUT2D eigenvalue weighted by molar-refractivity contribution is 0.590. The SMILES string of the molecule is C=C[C@H](C)CS(N)(=O)=O. The summed E-state index contributed by atoms with van der Waals surface area (Å²) in [6.07, 6.45) is 1.56. The molecule has 0 aromatic carbocycles. The zero-order valence-corrected chi connectivity index (χ0v) is 6.19. The Labute approximate surface area is 55.6 Å². The fourth-order valence-corrected chi connectivity index (χ4v) is 1.30. The summed E-state index contributed by atoms with van der Waals surface area (Å²) in [5.41, 5.74) is 0. The zero-order valence-electron chi connectivity index (χ0n) is 5.37. The minimum atomic E-state index is -3.31. The predicted molar refractivity (Wildman–Crippen MR) is 37.3 cm³/mol. The van der Waals surface area contributed by atoms with Gasteiger partial charge in [0.15, 0.2) is 0 Å². The molecule has 54 valence electrons. The fourth-order valence-electron chi connectivity index (χ4n) is 0.434. The van der Waals surface area contributed by atoms with Crippen LogP contribution in [0.4, 0.5) is 0 Å². The molecule has 0 aromatic rings. The minimum Gasteiger partial charge on any atom is -0.229 e. The molecule has 1 atom stereocenters. The second-order valence-electron chi connectivity index (χ2n) is 2.04. The summed E-state index contributed by atoms with van der Waals surface area (Å²) in [5.74, 6) is -0.0729. The van der Waals surface area contributed by atoms with Gasteiger partial charge in [0.2, 0.25) is 10.0 Å². The van der Waals surface area contributed by atoms with E-state index in [0.717, 1.165) is 0 Å². The smallest absolute Gasteiger partial charge is 0.209 e. The number of hydrogen-bond acceptors (Lipinski definition) is 2. The van der Waals surface area contributed by atoms with Crippen LogP contribution in [0.25, 0.3) is 0 Å². The van der Waals surface area contributed by atoms with E-state index in [9.17, 15) is 8.42 Å². The Bertz CT molecular complexity index is 183. The molecule has 0 saturated heterocycles. The summed E-state index contributed by atoms with van der Waals surface area (Å²) in [6.45, 7) is 5.17. The first-order valence-electron chi connectivity index (χ1n) is 2.58. The largest absolute Gasteiger partial charge is 0.229 e. The number of allylic oxidation sites excluding steroid dienone is 1. The summed E-state index contributed by atoms with van der Waals surface area (Å²) in [7, 11) is -3.31. The highest BCUT2D eigenvalue weighted by atomic mass is 32.2. The van der Waals surface area contributed by atoms with Crippen LogP contribution in [0.2, 0.25) is 0 Å². The van der Waals surface area contributed by atoms with Gasteiger partial charge in [-0.1, -0.05) is 13.0 Å². The maximum absolute atomic E-state index is 10.3. The number of nitrogens with two attached hydrogens (primary N) is 1. The van der Waals surface area contributed by atoms with E-state index in [0.29, 0.717) is 0 Å². The van der Waals surface area contributed by atoms with Gasteiger partial charge < -0.3 is 0 Å². The normalized spacial score (nSPS) is 14.9. The van der Waals surface area contributed by atoms with E-state index >= 15 is 0 Å². The van der Waals surface area contributed by atoms with Crippen LogP contribution < -0.4 is 5.14 Å². The lowest BCUT2D eigenvalue weighted by atomic mass is 10.2. The topological polar surface area (TPSA) is 60.2 Å². The molecule has 0 heterocycles. The highest BCUT2D eigenvalue weighted by Gasteiger charge is 2.05. The number of sulfonamides is 1. The van der Waals surface area contributed by atoms with E-state index in [1.54, 1.807) is 13.0 Å². The molecule has 2 N–H and O–H groups in total. The molecule has 0 aromatic heterocycles. The molecule has 0 unspecified atom stereocenters. The third kappa shape index (κ3) is 5.52. The average molecular weight is 149 g/mol. The van der Waals surface area contributed by atoms with E-state index < -0.39 is 10.0 Å². The van der Waals surface area contributed by atoms with Crippen LogP contribution in [-0.4, -0.2) is 14.2 Å². The molecule has 0 aliphatic carbocycles. The molecule has 0 bridgehead atoms. The Balaban J connectivity index is 3.89. The fraction of sp³-hybridized carbons (Fsp3) is 0.600. The number of hydrogen-bond donors (Lipinski definition) is 1. The Hall–Kier alpha value is -0.350. The highest BCUT2D eigenvalue weighted by Crippen LogP contribution is 1.96. The van der Waals surface area contributed by atoms with Crippen LogP contribution >= 0.6 is 0 Å². The first kappa shape index (κ1) is 8.65. The molecule has 0 spiro atoms. The van der Waals surface area contributed by atoms with E-state index in [1.807, 2.05) is 0 Å². The second kappa shape index (κ2) is 2.98. The monoisotopic (exact) mass is 149 g/mol. The van der Waals surface area contributed by atoms with Gasteiger partial charge in [0, 0.05) is 0 Å². The van der Waals surface area contributed by atoms with Crippen molar-refractivity contribution in [2.24, 2.45) is 11.1 Å². The molecule has 0 aliphatic heterocycles. The van der Waals surface area contributed by atoms with Gasteiger partial charge in [-0.2, -0.15) is 0 Å². The molecule has 3 nitrogen and oxygen atoms in total. The average Bonchev–Trinajstić information content (AvgIpc) is 1.62. The van der Waals surface area contributed by atoms with Crippen LogP contribution in [0, 0.1) is 5.92 Å². The third-order valence-corrected chi connectivity index (χ3v) is 1.89. The summed E-state index contributed by atoms with van der Waals surface area (Å²) >= 11 is 0. The molecule has 9 heavy (non-hydrogen) atoms. The Morgan fingerprint density at radius 2 is 2.22 bits per heavy atom. The van der Waals surface area contributed by atoms with Gasteiger partial charge in [0.1, 0.15) is 0 Å². The van der Waals surface area contributed by atoms with Crippen molar-refractivity contribution < 1.29 is 8.42 Å². The molecule has 4 heteroatoms. The predicted octanol–water partition coefficient (Wildman–Crippen LogP) is 0.0970. The standard InChI is InChI=1S/C5H11NO2S/c1-3-5(2)4-9(6,7)8/h3,5H,1,4H2,2H3,(H2,6,7,8)/t5-/m0/s1. The lowest BCUT2D eigenvalue weighted by Crippen LogP contribution is -2.20. The quantitative estimate of drug-likeness (QED) is 0.578. The van der Waals surface area contributed by atoms with Crippen molar-refractivity contribution in [3.63, 3.8) is 0 Å². The van der Waals surface area contributed by atoms with Gasteiger partial charge in [-0.25, -0.2) is 13.6 Å². The lowest BCUT2D eigenvalue weighted by Gasteiger charge is -2.00. The van der Waals surface area contributed by atoms with Gasteiger partial charge in [-0.05, 0) is 5.92 Å². The van der Waals surface area contributed by atoms with Crippen molar-refractivity contribution in [3.05, 3.63) is 12.7 Å². The summed E-state index contributed by atoms with van der Waals surface area (Å²) in [5, 5.41) is 4.74. The van der Waals surface area contributed by atoms with Crippen molar-refractivity contribution in [3.8, 4) is 0 Å². The second-order valence-corrected chi connectivity index (χ2v) is 3.70. The van der Waals surface area contributed by atoms with Crippen molar-refractivity contribution >= 4 is 10.0 Å². The maximum atomic E-state index is 10.3. The van der Waals surface area contributed by atoms with E-state index in [2.05, 4.69) is 6.58 Å². The van der Waals surface area contributed by atoms with Crippen molar-refractivity contribution in [1.82, 2.24) is 0 Å². The molecule has 0 rings (SSSR count). The van der Waals surface area contributed by atoms with Crippen LogP contribution in [0.15, 0.2) is 12.7 Å². The van der Waals surface area contributed by atoms with Gasteiger partial charge in [-0.3, -0.25) is 0 Å². The van der Waals surface area contributed by atoms with Crippen LogP contribution in [0.1, 0.15) is 6.92 Å². The molecular weight excluding hydrogens is 138 g/mol. The highest BCUT2D eigenvalue weighted by molar-refractivity contribution is 7.89.